The molecule has 0 N–H and O–H groups in total. The van der Waals surface area contributed by atoms with Gasteiger partial charge in [-0.1, -0.05) is 29.8 Å². The third-order valence-corrected chi connectivity index (χ3v) is 6.38. The molecule has 3 rings (SSSR count). The zero-order valence-corrected chi connectivity index (χ0v) is 17.7. The maximum atomic E-state index is 14.0. The fraction of sp³-hybridized carbons (Fsp3) is 0.381. The Morgan fingerprint density at radius 1 is 1.03 bits per heavy atom. The van der Waals surface area contributed by atoms with Gasteiger partial charge < -0.3 is 9.80 Å². The number of benzene rings is 2. The van der Waals surface area contributed by atoms with Gasteiger partial charge in [-0.05, 0) is 38.1 Å². The fourth-order valence-corrected chi connectivity index (χ4v) is 4.80. The summed E-state index contributed by atoms with van der Waals surface area (Å²) in [5.74, 6) is -0.549. The lowest BCUT2D eigenvalue weighted by molar-refractivity contribution is -0.132. The quantitative estimate of drug-likeness (QED) is 0.748. The second-order valence-corrected chi connectivity index (χ2v) is 9.19. The molecule has 0 radical (unpaired) electrons. The van der Waals surface area contributed by atoms with Crippen LogP contribution in [-0.2, 0) is 14.8 Å². The van der Waals surface area contributed by atoms with Crippen molar-refractivity contribution in [3.05, 3.63) is 59.9 Å². The van der Waals surface area contributed by atoms with Crippen molar-refractivity contribution in [1.29, 1.82) is 0 Å². The largest absolute Gasteiger partial charge is 0.366 e. The average Bonchev–Trinajstić information content (AvgIpc) is 2.68. The number of para-hydroxylation sites is 1. The normalized spacial score (nSPS) is 15.9. The third kappa shape index (κ3) is 4.70. The highest BCUT2D eigenvalue weighted by molar-refractivity contribution is 7.92. The van der Waals surface area contributed by atoms with E-state index in [-0.39, 0.29) is 11.7 Å². The summed E-state index contributed by atoms with van der Waals surface area (Å²) < 4.78 is 40.0. The molecule has 1 saturated heterocycles. The smallest absolute Gasteiger partial charge is 0.246 e. The minimum atomic E-state index is -3.65. The van der Waals surface area contributed by atoms with Crippen LogP contribution in [0.25, 0.3) is 0 Å². The van der Waals surface area contributed by atoms with E-state index in [1.807, 2.05) is 24.0 Å². The van der Waals surface area contributed by atoms with Crippen molar-refractivity contribution in [1.82, 2.24) is 4.90 Å². The second kappa shape index (κ2) is 8.41. The minimum absolute atomic E-state index is 0.260. The van der Waals surface area contributed by atoms with Gasteiger partial charge in [0.25, 0.3) is 0 Å². The molecular weight excluding hydrogens is 393 g/mol. The predicted molar refractivity (Wildman–Crippen MR) is 113 cm³/mol. The molecule has 1 aliphatic rings. The molecule has 1 atom stereocenters. The van der Waals surface area contributed by atoms with Crippen LogP contribution < -0.4 is 9.21 Å². The highest BCUT2D eigenvalue weighted by atomic mass is 32.2. The lowest BCUT2D eigenvalue weighted by Gasteiger charge is -2.39. The lowest BCUT2D eigenvalue weighted by Crippen LogP contribution is -2.55. The molecule has 29 heavy (non-hydrogen) atoms. The number of amides is 1. The Kier molecular flexibility index (Phi) is 6.12. The van der Waals surface area contributed by atoms with Crippen molar-refractivity contribution in [3.8, 4) is 0 Å². The van der Waals surface area contributed by atoms with Crippen molar-refractivity contribution in [2.24, 2.45) is 0 Å². The Labute approximate surface area is 171 Å². The number of aryl methyl sites for hydroxylation is 1. The molecule has 156 valence electrons. The van der Waals surface area contributed by atoms with Crippen LogP contribution in [0.5, 0.6) is 0 Å². The van der Waals surface area contributed by atoms with Crippen LogP contribution in [0.4, 0.5) is 15.8 Å². The van der Waals surface area contributed by atoms with Crippen molar-refractivity contribution in [2.45, 2.75) is 19.9 Å². The number of nitrogens with zero attached hydrogens (tertiary/aromatic N) is 3. The Bertz CT molecular complexity index is 971. The summed E-state index contributed by atoms with van der Waals surface area (Å²) in [6.45, 7) is 5.31. The first-order chi connectivity index (χ1) is 13.7. The van der Waals surface area contributed by atoms with Gasteiger partial charge in [-0.2, -0.15) is 0 Å². The van der Waals surface area contributed by atoms with Crippen molar-refractivity contribution in [3.63, 3.8) is 0 Å². The maximum absolute atomic E-state index is 14.0. The van der Waals surface area contributed by atoms with E-state index in [9.17, 15) is 17.6 Å². The molecule has 1 aliphatic heterocycles. The summed E-state index contributed by atoms with van der Waals surface area (Å²) in [6.07, 6.45) is 1.10. The molecule has 0 spiro atoms. The van der Waals surface area contributed by atoms with Crippen LogP contribution in [-0.4, -0.2) is 57.7 Å². The Morgan fingerprint density at radius 2 is 1.62 bits per heavy atom. The van der Waals surface area contributed by atoms with Crippen molar-refractivity contribution >= 4 is 27.3 Å². The van der Waals surface area contributed by atoms with Crippen molar-refractivity contribution < 1.29 is 17.6 Å². The van der Waals surface area contributed by atoms with E-state index >= 15 is 0 Å². The monoisotopic (exact) mass is 419 g/mol. The summed E-state index contributed by atoms with van der Waals surface area (Å²) in [6, 6.07) is 12.7. The van der Waals surface area contributed by atoms with Gasteiger partial charge in [0.2, 0.25) is 15.9 Å². The molecule has 1 fully saturated rings. The zero-order valence-electron chi connectivity index (χ0n) is 16.9. The molecule has 6 nitrogen and oxygen atoms in total. The number of sulfonamides is 1. The SMILES string of the molecule is Cc1ccc(N([C@H](C)C(=O)N2CCN(c3ccccc3F)CC2)S(C)(=O)=O)cc1. The number of halogens is 1. The van der Waals surface area contributed by atoms with Crippen molar-refractivity contribution in [2.75, 3.05) is 41.6 Å². The first-order valence-electron chi connectivity index (χ1n) is 9.53. The molecule has 2 aromatic rings. The standard InChI is InChI=1S/C21H26FN3O3S/c1-16-8-10-18(11-9-16)25(29(3,27)28)17(2)21(26)24-14-12-23(13-15-24)20-7-5-4-6-19(20)22/h4-11,17H,12-15H2,1-3H3/t17-/m1/s1. The van der Waals surface area contributed by atoms with E-state index in [0.717, 1.165) is 16.1 Å². The topological polar surface area (TPSA) is 60.9 Å². The fourth-order valence-electron chi connectivity index (χ4n) is 3.63. The molecule has 0 aliphatic carbocycles. The van der Waals surface area contributed by atoms with Gasteiger partial charge in [0.05, 0.1) is 17.6 Å². The lowest BCUT2D eigenvalue weighted by atomic mass is 10.2. The summed E-state index contributed by atoms with van der Waals surface area (Å²) in [5.41, 5.74) is 1.99. The van der Waals surface area contributed by atoms with E-state index in [2.05, 4.69) is 0 Å². The van der Waals surface area contributed by atoms with Gasteiger partial charge in [0.15, 0.2) is 0 Å². The number of hydrogen-bond donors (Lipinski definition) is 0. The Balaban J connectivity index is 1.73. The first kappa shape index (κ1) is 21.1. The molecule has 0 unspecified atom stereocenters. The number of carbonyl (C=O) groups is 1. The van der Waals surface area contributed by atoms with Gasteiger partial charge in [-0.25, -0.2) is 12.8 Å². The van der Waals surface area contributed by atoms with Gasteiger partial charge in [-0.15, -0.1) is 0 Å². The van der Waals surface area contributed by atoms with E-state index < -0.39 is 16.1 Å². The number of carbonyl (C=O) groups excluding carboxylic acids is 1. The molecule has 2 aromatic carbocycles. The van der Waals surface area contributed by atoms with Crippen LogP contribution >= 0.6 is 0 Å². The second-order valence-electron chi connectivity index (χ2n) is 7.33. The van der Waals surface area contributed by atoms with E-state index in [1.165, 1.54) is 6.07 Å². The summed E-state index contributed by atoms with van der Waals surface area (Å²) in [7, 11) is -3.65. The molecule has 0 bridgehead atoms. The molecule has 1 amide bonds. The van der Waals surface area contributed by atoms with E-state index in [0.29, 0.717) is 37.6 Å². The molecular formula is C21H26FN3O3S. The van der Waals surface area contributed by atoms with Gasteiger partial charge in [0, 0.05) is 26.2 Å². The maximum Gasteiger partial charge on any atom is 0.246 e. The van der Waals surface area contributed by atoms with Gasteiger partial charge in [0.1, 0.15) is 11.9 Å². The van der Waals surface area contributed by atoms with Crippen LogP contribution in [0.3, 0.4) is 0 Å². The number of hydrogen-bond acceptors (Lipinski definition) is 4. The van der Waals surface area contributed by atoms with Crippen LogP contribution in [0, 0.1) is 12.7 Å². The summed E-state index contributed by atoms with van der Waals surface area (Å²) in [5, 5.41) is 0. The van der Waals surface area contributed by atoms with Crippen LogP contribution in [0.2, 0.25) is 0 Å². The summed E-state index contributed by atoms with van der Waals surface area (Å²) >= 11 is 0. The van der Waals surface area contributed by atoms with Gasteiger partial charge in [-0.3, -0.25) is 9.10 Å². The predicted octanol–water partition coefficient (Wildman–Crippen LogP) is 2.64. The molecule has 1 heterocycles. The number of rotatable bonds is 5. The first-order valence-corrected chi connectivity index (χ1v) is 11.4. The average molecular weight is 420 g/mol. The Morgan fingerprint density at radius 3 is 2.17 bits per heavy atom. The minimum Gasteiger partial charge on any atom is -0.366 e. The number of piperazine rings is 1. The zero-order chi connectivity index (χ0) is 21.2. The molecule has 0 aromatic heterocycles. The summed E-state index contributed by atoms with van der Waals surface area (Å²) in [4.78, 5) is 16.6. The van der Waals surface area contributed by atoms with Gasteiger partial charge >= 0.3 is 0 Å². The van der Waals surface area contributed by atoms with E-state index in [4.69, 9.17) is 0 Å². The number of anilines is 2. The molecule has 8 heteroatoms. The third-order valence-electron chi connectivity index (χ3n) is 5.14. The Hall–Kier alpha value is -2.61. The van der Waals surface area contributed by atoms with E-state index in [1.54, 1.807) is 42.2 Å². The highest BCUT2D eigenvalue weighted by Crippen LogP contribution is 2.24. The molecule has 0 saturated carbocycles. The highest BCUT2D eigenvalue weighted by Gasteiger charge is 2.33. The van der Waals surface area contributed by atoms with Crippen LogP contribution in [0.15, 0.2) is 48.5 Å². The van der Waals surface area contributed by atoms with Crippen LogP contribution in [0.1, 0.15) is 12.5 Å².